The van der Waals surface area contributed by atoms with Gasteiger partial charge in [-0.25, -0.2) is 8.51 Å². The van der Waals surface area contributed by atoms with Crippen LogP contribution in [0.5, 0.6) is 5.75 Å². The Kier molecular flexibility index (Phi) is 7.12. The maximum Gasteiger partial charge on any atom is 0.264 e. The van der Waals surface area contributed by atoms with Crippen molar-refractivity contribution in [2.24, 2.45) is 0 Å². The molecule has 1 aliphatic heterocycles. The molecular formula is C26H33N3O4S. The summed E-state index contributed by atoms with van der Waals surface area (Å²) in [4.78, 5) is 12.8. The largest absolute Gasteiger partial charge is 0.497 e. The summed E-state index contributed by atoms with van der Waals surface area (Å²) in [6.07, 6.45) is 3.34. The lowest BCUT2D eigenvalue weighted by Gasteiger charge is -2.17. The summed E-state index contributed by atoms with van der Waals surface area (Å²) in [6.45, 7) is 4.39. The number of aliphatic hydroxyl groups is 1. The molecule has 182 valence electrons. The fraction of sp³-hybridized carbons (Fsp3) is 0.423. The number of carbonyl (C=O) groups excluding carboxylic acids is 1. The van der Waals surface area contributed by atoms with Crippen molar-refractivity contribution in [3.05, 3.63) is 53.1 Å². The molecule has 0 radical (unpaired) electrons. The van der Waals surface area contributed by atoms with Gasteiger partial charge in [-0.1, -0.05) is 32.8 Å². The zero-order valence-corrected chi connectivity index (χ0v) is 21.2. The van der Waals surface area contributed by atoms with Gasteiger partial charge in [-0.15, -0.1) is 0 Å². The van der Waals surface area contributed by atoms with E-state index < -0.39 is 23.3 Å². The van der Waals surface area contributed by atoms with Gasteiger partial charge in [0.15, 0.2) is 17.4 Å². The summed E-state index contributed by atoms with van der Waals surface area (Å²) in [5, 5.41) is 12.5. The number of rotatable bonds is 9. The second-order valence-electron chi connectivity index (χ2n) is 8.96. The number of aliphatic hydroxyl groups excluding tert-OH is 1. The number of ether oxygens (including phenoxy) is 1. The number of hydrogen-bond acceptors (Lipinski definition) is 4. The molecule has 0 spiro atoms. The number of fused-ring (bicyclic) bond motifs is 5. The topological polar surface area (TPSA) is 83.8 Å². The first kappa shape index (κ1) is 24.4. The molecule has 4 rings (SSSR count). The minimum Gasteiger partial charge on any atom is -0.497 e. The Morgan fingerprint density at radius 2 is 1.88 bits per heavy atom. The average molecular weight is 484 g/mol. The molecule has 1 amide bonds. The minimum atomic E-state index is -1.62. The van der Waals surface area contributed by atoms with Gasteiger partial charge in [-0.2, -0.15) is 0 Å². The quantitative estimate of drug-likeness (QED) is 0.461. The Morgan fingerprint density at radius 3 is 2.50 bits per heavy atom. The van der Waals surface area contributed by atoms with Gasteiger partial charge in [-0.05, 0) is 54.7 Å². The van der Waals surface area contributed by atoms with Crippen LogP contribution in [0.2, 0.25) is 0 Å². The SMILES string of the molecule is CCCC(CCC)c1c2n(c3cc(C(=O)NS(=O)N(C)C)ccc13)C(O)c1cc(OC)ccc1-2. The molecule has 2 unspecified atom stereocenters. The van der Waals surface area contributed by atoms with Crippen LogP contribution in [-0.2, 0) is 11.2 Å². The standard InChI is InChI=1S/C26H33N3O4S/c1-6-8-16(9-7-2)23-20-12-10-17(25(30)27-34(32)28(3)4)14-22(20)29-24(23)19-13-11-18(33-5)15-21(19)26(29)31/h10-16,26,31H,6-9H2,1-5H3,(H,27,30). The third-order valence-electron chi connectivity index (χ3n) is 6.54. The third-order valence-corrected chi connectivity index (χ3v) is 7.56. The van der Waals surface area contributed by atoms with Crippen LogP contribution in [0.15, 0.2) is 36.4 Å². The second-order valence-corrected chi connectivity index (χ2v) is 10.4. The molecule has 2 atom stereocenters. The summed E-state index contributed by atoms with van der Waals surface area (Å²) < 4.78 is 23.4. The van der Waals surface area contributed by atoms with E-state index in [0.29, 0.717) is 17.2 Å². The lowest BCUT2D eigenvalue weighted by Crippen LogP contribution is -2.34. The molecule has 8 heteroatoms. The molecule has 2 heterocycles. The number of nitrogens with zero attached hydrogens (tertiary/aromatic N) is 2. The van der Waals surface area contributed by atoms with Crippen LogP contribution in [0.1, 0.15) is 73.2 Å². The van der Waals surface area contributed by atoms with E-state index >= 15 is 0 Å². The van der Waals surface area contributed by atoms with Crippen LogP contribution >= 0.6 is 0 Å². The van der Waals surface area contributed by atoms with Gasteiger partial charge >= 0.3 is 0 Å². The van der Waals surface area contributed by atoms with E-state index in [1.54, 1.807) is 33.3 Å². The Labute approximate surface area is 203 Å². The summed E-state index contributed by atoms with van der Waals surface area (Å²) in [6, 6.07) is 11.4. The van der Waals surface area contributed by atoms with Crippen LogP contribution < -0.4 is 9.46 Å². The number of carbonyl (C=O) groups is 1. The lowest BCUT2D eigenvalue weighted by atomic mass is 9.86. The van der Waals surface area contributed by atoms with Crippen molar-refractivity contribution in [1.29, 1.82) is 0 Å². The number of benzene rings is 2. The first-order chi connectivity index (χ1) is 16.3. The molecular weight excluding hydrogens is 450 g/mol. The number of amides is 1. The monoisotopic (exact) mass is 483 g/mol. The van der Waals surface area contributed by atoms with Crippen LogP contribution in [0.4, 0.5) is 0 Å². The predicted octanol–water partition coefficient (Wildman–Crippen LogP) is 4.72. The molecule has 0 fully saturated rings. The number of hydrogen-bond donors (Lipinski definition) is 2. The van der Waals surface area contributed by atoms with Crippen LogP contribution in [-0.4, -0.2) is 45.3 Å². The van der Waals surface area contributed by atoms with E-state index in [4.69, 9.17) is 4.74 Å². The van der Waals surface area contributed by atoms with Crippen molar-refractivity contribution in [3.63, 3.8) is 0 Å². The Bertz CT molecular complexity index is 1240. The molecule has 7 nitrogen and oxygen atoms in total. The van der Waals surface area contributed by atoms with Gasteiger partial charge in [0.25, 0.3) is 5.91 Å². The lowest BCUT2D eigenvalue weighted by molar-refractivity contribution is 0.0981. The maximum atomic E-state index is 12.8. The van der Waals surface area contributed by atoms with Crippen LogP contribution in [0.25, 0.3) is 22.2 Å². The highest BCUT2D eigenvalue weighted by atomic mass is 32.2. The number of methoxy groups -OCH3 is 1. The minimum absolute atomic E-state index is 0.343. The first-order valence-electron chi connectivity index (χ1n) is 11.8. The molecule has 34 heavy (non-hydrogen) atoms. The molecule has 1 aromatic heterocycles. The van der Waals surface area contributed by atoms with Crippen molar-refractivity contribution < 1.29 is 18.8 Å². The summed E-state index contributed by atoms with van der Waals surface area (Å²) in [7, 11) is 4.88. The van der Waals surface area contributed by atoms with Gasteiger partial charge in [-0.3, -0.25) is 9.52 Å². The molecule has 3 aromatic rings. The Balaban J connectivity index is 1.93. The van der Waals surface area contributed by atoms with E-state index in [9.17, 15) is 14.1 Å². The van der Waals surface area contributed by atoms with E-state index in [2.05, 4.69) is 18.6 Å². The Morgan fingerprint density at radius 1 is 1.18 bits per heavy atom. The maximum absolute atomic E-state index is 12.8. The van der Waals surface area contributed by atoms with Crippen molar-refractivity contribution in [2.75, 3.05) is 21.2 Å². The van der Waals surface area contributed by atoms with E-state index in [1.807, 2.05) is 28.8 Å². The van der Waals surface area contributed by atoms with Crippen molar-refractivity contribution >= 4 is 28.0 Å². The molecule has 0 saturated heterocycles. The van der Waals surface area contributed by atoms with Crippen molar-refractivity contribution in [1.82, 2.24) is 13.6 Å². The molecule has 0 bridgehead atoms. The van der Waals surface area contributed by atoms with Gasteiger partial charge in [0.1, 0.15) is 5.75 Å². The summed E-state index contributed by atoms with van der Waals surface area (Å²) in [5.74, 6) is 0.616. The van der Waals surface area contributed by atoms with E-state index in [-0.39, 0.29) is 0 Å². The highest BCUT2D eigenvalue weighted by Crippen LogP contribution is 2.50. The predicted molar refractivity (Wildman–Crippen MR) is 136 cm³/mol. The molecule has 1 aliphatic rings. The van der Waals surface area contributed by atoms with Gasteiger partial charge < -0.3 is 14.4 Å². The number of aromatic nitrogens is 1. The van der Waals surface area contributed by atoms with Gasteiger partial charge in [0.05, 0.1) is 18.3 Å². The zero-order valence-electron chi connectivity index (χ0n) is 20.4. The fourth-order valence-electron chi connectivity index (χ4n) is 5.02. The highest BCUT2D eigenvalue weighted by molar-refractivity contribution is 7.81. The number of nitrogens with one attached hydrogen (secondary N) is 1. The summed E-state index contributed by atoms with van der Waals surface area (Å²) in [5.41, 5.74) is 5.24. The third kappa shape index (κ3) is 4.15. The molecule has 2 N–H and O–H groups in total. The van der Waals surface area contributed by atoms with E-state index in [0.717, 1.165) is 53.4 Å². The highest BCUT2D eigenvalue weighted by Gasteiger charge is 2.35. The Hall–Kier alpha value is -2.68. The van der Waals surface area contributed by atoms with Crippen molar-refractivity contribution in [3.8, 4) is 17.0 Å². The second kappa shape index (κ2) is 9.90. The van der Waals surface area contributed by atoms with Crippen LogP contribution in [0.3, 0.4) is 0 Å². The molecule has 0 aliphatic carbocycles. The average Bonchev–Trinajstić information content (AvgIpc) is 3.30. The van der Waals surface area contributed by atoms with Crippen molar-refractivity contribution in [2.45, 2.75) is 51.7 Å². The zero-order chi connectivity index (χ0) is 24.6. The molecule has 0 saturated carbocycles. The van der Waals surface area contributed by atoms with Gasteiger partial charge in [0.2, 0.25) is 0 Å². The van der Waals surface area contributed by atoms with Gasteiger partial charge in [0, 0.05) is 36.2 Å². The summed E-state index contributed by atoms with van der Waals surface area (Å²) >= 11 is -1.62. The molecule has 2 aromatic carbocycles. The first-order valence-corrected chi connectivity index (χ1v) is 12.9. The fourth-order valence-corrected chi connectivity index (χ4v) is 5.47. The smallest absolute Gasteiger partial charge is 0.264 e. The normalized spacial score (nSPS) is 15.6. The van der Waals surface area contributed by atoms with E-state index in [1.165, 1.54) is 9.87 Å². The van der Waals surface area contributed by atoms with Crippen LogP contribution in [0, 0.1) is 0 Å².